The van der Waals surface area contributed by atoms with E-state index in [4.69, 9.17) is 9.47 Å². The molecule has 1 N–H and O–H groups in total. The number of methoxy groups -OCH3 is 2. The second-order valence-electron chi connectivity index (χ2n) is 6.51. The van der Waals surface area contributed by atoms with Crippen LogP contribution < -0.4 is 14.8 Å². The summed E-state index contributed by atoms with van der Waals surface area (Å²) in [4.78, 5) is 2.58. The van der Waals surface area contributed by atoms with Crippen LogP contribution in [0.25, 0.3) is 0 Å². The van der Waals surface area contributed by atoms with Crippen LogP contribution in [0.3, 0.4) is 0 Å². The van der Waals surface area contributed by atoms with Crippen LogP contribution in [0.4, 0.5) is 0 Å². The van der Waals surface area contributed by atoms with E-state index in [0.29, 0.717) is 12.0 Å². The molecule has 1 atom stereocenters. The van der Waals surface area contributed by atoms with Gasteiger partial charge in [0, 0.05) is 32.2 Å². The largest absolute Gasteiger partial charge is 0.495 e. The summed E-state index contributed by atoms with van der Waals surface area (Å²) in [6.45, 7) is 8.87. The van der Waals surface area contributed by atoms with Gasteiger partial charge >= 0.3 is 0 Å². The molecule has 0 aromatic heterocycles. The van der Waals surface area contributed by atoms with Crippen LogP contribution in [0, 0.1) is 5.92 Å². The molecule has 0 saturated carbocycles. The fourth-order valence-electron chi connectivity index (χ4n) is 3.13. The van der Waals surface area contributed by atoms with Crippen molar-refractivity contribution in [2.24, 2.45) is 5.92 Å². The molecule has 5 heteroatoms. The topological polar surface area (TPSA) is 33.7 Å². The molecule has 2 rings (SSSR count). The van der Waals surface area contributed by atoms with E-state index in [0.717, 1.165) is 48.6 Å². The molecule has 0 spiro atoms. The Bertz CT molecular complexity index is 477. The lowest BCUT2D eigenvalue weighted by Crippen LogP contribution is -2.45. The van der Waals surface area contributed by atoms with Crippen molar-refractivity contribution in [3.8, 4) is 11.5 Å². The van der Waals surface area contributed by atoms with Gasteiger partial charge in [0.05, 0.1) is 14.2 Å². The minimum atomic E-state index is 0.412. The van der Waals surface area contributed by atoms with E-state index in [9.17, 15) is 0 Å². The zero-order valence-corrected chi connectivity index (χ0v) is 16.3. The fourth-order valence-corrected chi connectivity index (χ4v) is 3.68. The number of hydrogen-bond donors (Lipinski definition) is 1. The molecular weight excluding hydrogens is 356 g/mol. The van der Waals surface area contributed by atoms with Crippen molar-refractivity contribution in [2.75, 3.05) is 40.4 Å². The molecule has 1 aliphatic heterocycles. The van der Waals surface area contributed by atoms with Gasteiger partial charge in [0.1, 0.15) is 16.0 Å². The summed E-state index contributed by atoms with van der Waals surface area (Å²) in [6, 6.07) is 4.72. The SMILES string of the molecule is COc1cc([C@H](CCC(C)C)N2CCNCC2)cc(OC)c1Br. The highest BCUT2D eigenvalue weighted by atomic mass is 79.9. The summed E-state index contributed by atoms with van der Waals surface area (Å²) in [5.41, 5.74) is 1.28. The van der Waals surface area contributed by atoms with E-state index in [2.05, 4.69) is 52.1 Å². The van der Waals surface area contributed by atoms with Gasteiger partial charge < -0.3 is 14.8 Å². The van der Waals surface area contributed by atoms with Gasteiger partial charge in [0.2, 0.25) is 0 Å². The summed E-state index contributed by atoms with van der Waals surface area (Å²) in [7, 11) is 3.41. The second kappa shape index (κ2) is 8.90. The standard InChI is InChI=1S/C18H29BrN2O2/c1-13(2)5-6-15(21-9-7-20-8-10-21)14-11-16(22-3)18(19)17(12-14)23-4/h11-13,15,20H,5-10H2,1-4H3/t15-/m0/s1. The minimum absolute atomic E-state index is 0.412. The van der Waals surface area contributed by atoms with Crippen molar-refractivity contribution in [3.05, 3.63) is 22.2 Å². The minimum Gasteiger partial charge on any atom is -0.495 e. The number of ether oxygens (including phenoxy) is 2. The average molecular weight is 385 g/mol. The predicted octanol–water partition coefficient (Wildman–Crippen LogP) is 3.85. The van der Waals surface area contributed by atoms with Gasteiger partial charge in [-0.25, -0.2) is 0 Å². The van der Waals surface area contributed by atoms with E-state index >= 15 is 0 Å². The van der Waals surface area contributed by atoms with Crippen molar-refractivity contribution in [1.82, 2.24) is 10.2 Å². The van der Waals surface area contributed by atoms with Crippen molar-refractivity contribution < 1.29 is 9.47 Å². The first kappa shape index (κ1) is 18.6. The molecule has 4 nitrogen and oxygen atoms in total. The van der Waals surface area contributed by atoms with Gasteiger partial charge in [-0.3, -0.25) is 4.90 Å². The molecule has 1 aromatic rings. The van der Waals surface area contributed by atoms with Crippen LogP contribution in [0.1, 0.15) is 38.3 Å². The summed E-state index contributed by atoms with van der Waals surface area (Å²) in [5, 5.41) is 3.44. The number of nitrogens with zero attached hydrogens (tertiary/aromatic N) is 1. The Morgan fingerprint density at radius 2 is 1.65 bits per heavy atom. The van der Waals surface area contributed by atoms with Crippen molar-refractivity contribution in [2.45, 2.75) is 32.7 Å². The fraction of sp³-hybridized carbons (Fsp3) is 0.667. The molecule has 0 radical (unpaired) electrons. The maximum Gasteiger partial charge on any atom is 0.137 e. The lowest BCUT2D eigenvalue weighted by molar-refractivity contribution is 0.159. The number of benzene rings is 1. The van der Waals surface area contributed by atoms with E-state index in [1.165, 1.54) is 12.0 Å². The quantitative estimate of drug-likeness (QED) is 0.773. The van der Waals surface area contributed by atoms with Crippen LogP contribution in [0.2, 0.25) is 0 Å². The number of rotatable bonds is 7. The Balaban J connectivity index is 2.32. The molecule has 1 aromatic carbocycles. The normalized spacial score (nSPS) is 17.3. The maximum atomic E-state index is 5.53. The Kier molecular flexibility index (Phi) is 7.18. The zero-order chi connectivity index (χ0) is 16.8. The highest BCUT2D eigenvalue weighted by Crippen LogP contribution is 2.39. The first-order chi connectivity index (χ1) is 11.1. The lowest BCUT2D eigenvalue weighted by Gasteiger charge is -2.36. The summed E-state index contributed by atoms with van der Waals surface area (Å²) < 4.78 is 12.0. The Labute approximate surface area is 148 Å². The summed E-state index contributed by atoms with van der Waals surface area (Å²) in [6.07, 6.45) is 2.38. The number of piperazine rings is 1. The molecule has 130 valence electrons. The van der Waals surface area contributed by atoms with Gasteiger partial charge in [0.25, 0.3) is 0 Å². The number of halogens is 1. The molecule has 23 heavy (non-hydrogen) atoms. The molecule has 0 amide bonds. The average Bonchev–Trinajstić information content (AvgIpc) is 2.56. The summed E-state index contributed by atoms with van der Waals surface area (Å²) >= 11 is 3.57. The van der Waals surface area contributed by atoms with E-state index in [1.54, 1.807) is 14.2 Å². The first-order valence-corrected chi connectivity index (χ1v) is 9.22. The Morgan fingerprint density at radius 3 is 2.13 bits per heavy atom. The molecule has 1 aliphatic rings. The van der Waals surface area contributed by atoms with Gasteiger partial charge in [-0.2, -0.15) is 0 Å². The highest BCUT2D eigenvalue weighted by molar-refractivity contribution is 9.10. The number of nitrogens with one attached hydrogen (secondary N) is 1. The third-order valence-electron chi connectivity index (χ3n) is 4.46. The van der Waals surface area contributed by atoms with Crippen molar-refractivity contribution in [1.29, 1.82) is 0 Å². The molecule has 0 unspecified atom stereocenters. The van der Waals surface area contributed by atoms with Gasteiger partial charge in [0.15, 0.2) is 0 Å². The third-order valence-corrected chi connectivity index (χ3v) is 5.24. The smallest absolute Gasteiger partial charge is 0.137 e. The Morgan fingerprint density at radius 1 is 1.09 bits per heavy atom. The molecular formula is C18H29BrN2O2. The van der Waals surface area contributed by atoms with E-state index < -0.39 is 0 Å². The van der Waals surface area contributed by atoms with Crippen LogP contribution in [-0.2, 0) is 0 Å². The molecule has 0 bridgehead atoms. The Hall–Kier alpha value is -0.780. The predicted molar refractivity (Wildman–Crippen MR) is 98.5 cm³/mol. The monoisotopic (exact) mass is 384 g/mol. The molecule has 0 aliphatic carbocycles. The van der Waals surface area contributed by atoms with Gasteiger partial charge in [-0.05, 0) is 52.4 Å². The maximum absolute atomic E-state index is 5.53. The molecule has 1 saturated heterocycles. The van der Waals surface area contributed by atoms with Crippen LogP contribution in [0.5, 0.6) is 11.5 Å². The molecule has 1 fully saturated rings. The first-order valence-electron chi connectivity index (χ1n) is 8.43. The second-order valence-corrected chi connectivity index (χ2v) is 7.31. The van der Waals surface area contributed by atoms with Gasteiger partial charge in [-0.15, -0.1) is 0 Å². The lowest BCUT2D eigenvalue weighted by atomic mass is 9.95. The van der Waals surface area contributed by atoms with Crippen molar-refractivity contribution in [3.63, 3.8) is 0 Å². The number of hydrogen-bond acceptors (Lipinski definition) is 4. The van der Waals surface area contributed by atoms with E-state index in [-0.39, 0.29) is 0 Å². The molecule has 1 heterocycles. The van der Waals surface area contributed by atoms with E-state index in [1.807, 2.05) is 0 Å². The third kappa shape index (κ3) is 4.85. The van der Waals surface area contributed by atoms with Crippen LogP contribution >= 0.6 is 15.9 Å². The van der Waals surface area contributed by atoms with Crippen molar-refractivity contribution >= 4 is 15.9 Å². The van der Waals surface area contributed by atoms with Crippen LogP contribution in [0.15, 0.2) is 16.6 Å². The van der Waals surface area contributed by atoms with Crippen LogP contribution in [-0.4, -0.2) is 45.3 Å². The van der Waals surface area contributed by atoms with Gasteiger partial charge in [-0.1, -0.05) is 13.8 Å². The highest BCUT2D eigenvalue weighted by Gasteiger charge is 2.24. The zero-order valence-electron chi connectivity index (χ0n) is 14.7. The summed E-state index contributed by atoms with van der Waals surface area (Å²) in [5.74, 6) is 2.38.